The molecule has 0 saturated carbocycles. The number of rotatable bonds is 8. The molecule has 0 spiro atoms. The summed E-state index contributed by atoms with van der Waals surface area (Å²) < 4.78 is 10.6. The van der Waals surface area contributed by atoms with Crippen molar-refractivity contribution >= 4 is 23.4 Å². The van der Waals surface area contributed by atoms with E-state index in [2.05, 4.69) is 10.6 Å². The van der Waals surface area contributed by atoms with Crippen molar-refractivity contribution < 1.29 is 18.7 Å². The van der Waals surface area contributed by atoms with E-state index in [1.165, 1.54) is 6.26 Å². The Kier molecular flexibility index (Phi) is 6.89. The van der Waals surface area contributed by atoms with Crippen molar-refractivity contribution in [2.45, 2.75) is 19.9 Å². The summed E-state index contributed by atoms with van der Waals surface area (Å²) >= 11 is 5.80. The molecule has 2 rings (SSSR count). The Morgan fingerprint density at radius 3 is 2.52 bits per heavy atom. The van der Waals surface area contributed by atoms with E-state index in [9.17, 15) is 9.59 Å². The van der Waals surface area contributed by atoms with Crippen LogP contribution in [0.1, 0.15) is 24.4 Å². The minimum absolute atomic E-state index is 0.0731. The summed E-state index contributed by atoms with van der Waals surface area (Å²) in [6, 6.07) is 9.48. The van der Waals surface area contributed by atoms with Gasteiger partial charge < -0.3 is 19.8 Å². The first-order chi connectivity index (χ1) is 12.0. The van der Waals surface area contributed by atoms with Crippen LogP contribution in [-0.2, 0) is 4.79 Å². The first-order valence-electron chi connectivity index (χ1n) is 7.98. The molecule has 1 atom stereocenters. The van der Waals surface area contributed by atoms with E-state index in [1.54, 1.807) is 36.4 Å². The highest BCUT2D eigenvalue weighted by molar-refractivity contribution is 6.30. The van der Waals surface area contributed by atoms with Crippen LogP contribution in [0.25, 0.3) is 0 Å². The van der Waals surface area contributed by atoms with Crippen molar-refractivity contribution in [2.24, 2.45) is 5.92 Å². The van der Waals surface area contributed by atoms with Gasteiger partial charge in [-0.15, -0.1) is 0 Å². The summed E-state index contributed by atoms with van der Waals surface area (Å²) in [6.07, 6.45) is 1.41. The number of carbonyl (C=O) groups excluding carboxylic acids is 2. The molecule has 1 unspecified atom stereocenters. The number of benzene rings is 1. The van der Waals surface area contributed by atoms with Crippen LogP contribution in [0, 0.1) is 5.92 Å². The Balaban J connectivity index is 1.79. The topological polar surface area (TPSA) is 80.6 Å². The third-order valence-corrected chi connectivity index (χ3v) is 3.72. The quantitative estimate of drug-likeness (QED) is 0.706. The van der Waals surface area contributed by atoms with Crippen LogP contribution in [0.5, 0.6) is 5.75 Å². The average Bonchev–Trinajstić information content (AvgIpc) is 3.12. The zero-order valence-corrected chi connectivity index (χ0v) is 14.9. The van der Waals surface area contributed by atoms with Gasteiger partial charge in [0, 0.05) is 5.02 Å². The summed E-state index contributed by atoms with van der Waals surface area (Å²) in [5.74, 6) is 0.0803. The predicted octanol–water partition coefficient (Wildman–Crippen LogP) is 2.88. The molecule has 1 aromatic heterocycles. The highest BCUT2D eigenvalue weighted by atomic mass is 35.5. The first kappa shape index (κ1) is 18.9. The van der Waals surface area contributed by atoms with Crippen LogP contribution >= 0.6 is 11.6 Å². The lowest BCUT2D eigenvalue weighted by molar-refractivity contribution is -0.124. The molecule has 1 heterocycles. The van der Waals surface area contributed by atoms with Gasteiger partial charge in [0.15, 0.2) is 5.76 Å². The van der Waals surface area contributed by atoms with Gasteiger partial charge in [-0.3, -0.25) is 9.59 Å². The molecule has 0 radical (unpaired) electrons. The molecule has 6 nitrogen and oxygen atoms in total. The lowest BCUT2D eigenvalue weighted by atomic mass is 10.0. The van der Waals surface area contributed by atoms with Crippen molar-refractivity contribution in [3.63, 3.8) is 0 Å². The molecule has 0 aliphatic carbocycles. The fourth-order valence-corrected chi connectivity index (χ4v) is 2.26. The van der Waals surface area contributed by atoms with Crippen molar-refractivity contribution in [1.82, 2.24) is 10.6 Å². The van der Waals surface area contributed by atoms with Crippen LogP contribution in [0.2, 0.25) is 5.02 Å². The summed E-state index contributed by atoms with van der Waals surface area (Å²) in [5.41, 5.74) is 0. The van der Waals surface area contributed by atoms with E-state index in [1.807, 2.05) is 13.8 Å². The van der Waals surface area contributed by atoms with Crippen molar-refractivity contribution in [2.75, 3.05) is 13.2 Å². The third kappa shape index (κ3) is 5.83. The molecule has 2 aromatic rings. The largest absolute Gasteiger partial charge is 0.492 e. The summed E-state index contributed by atoms with van der Waals surface area (Å²) in [6.45, 7) is 4.35. The van der Waals surface area contributed by atoms with Crippen LogP contribution in [0.15, 0.2) is 47.1 Å². The maximum absolute atomic E-state index is 12.3. The average molecular weight is 365 g/mol. The van der Waals surface area contributed by atoms with Gasteiger partial charge in [0.1, 0.15) is 18.4 Å². The molecule has 0 fully saturated rings. The number of nitrogens with one attached hydrogen (secondary N) is 2. The highest BCUT2D eigenvalue weighted by Gasteiger charge is 2.25. The van der Waals surface area contributed by atoms with E-state index in [4.69, 9.17) is 20.8 Å². The van der Waals surface area contributed by atoms with Gasteiger partial charge in [0.05, 0.1) is 12.8 Å². The van der Waals surface area contributed by atoms with Crippen molar-refractivity contribution in [3.8, 4) is 5.75 Å². The standard InChI is InChI=1S/C18H21ClN2O4/c1-12(2)16(21-17(22)15-4-3-10-25-15)18(23)20-9-11-24-14-7-5-13(19)6-8-14/h3-8,10,12,16H,9,11H2,1-2H3,(H,20,23)(H,21,22). The molecule has 0 saturated heterocycles. The number of carbonyl (C=O) groups is 2. The van der Waals surface area contributed by atoms with Gasteiger partial charge in [-0.05, 0) is 42.3 Å². The molecule has 2 N–H and O–H groups in total. The molecule has 0 aliphatic heterocycles. The lowest BCUT2D eigenvalue weighted by Gasteiger charge is -2.21. The molecular weight excluding hydrogens is 344 g/mol. The van der Waals surface area contributed by atoms with Gasteiger partial charge in [-0.1, -0.05) is 25.4 Å². The number of ether oxygens (including phenoxy) is 1. The second-order valence-electron chi connectivity index (χ2n) is 5.77. The van der Waals surface area contributed by atoms with Gasteiger partial charge in [-0.2, -0.15) is 0 Å². The van der Waals surface area contributed by atoms with Gasteiger partial charge >= 0.3 is 0 Å². The minimum atomic E-state index is -0.659. The van der Waals surface area contributed by atoms with Gasteiger partial charge in [0.25, 0.3) is 5.91 Å². The van der Waals surface area contributed by atoms with Crippen molar-refractivity contribution in [1.29, 1.82) is 0 Å². The molecular formula is C18H21ClN2O4. The van der Waals surface area contributed by atoms with Crippen LogP contribution in [0.3, 0.4) is 0 Å². The predicted molar refractivity (Wildman–Crippen MR) is 94.8 cm³/mol. The Morgan fingerprint density at radius 2 is 1.92 bits per heavy atom. The number of amides is 2. The zero-order chi connectivity index (χ0) is 18.2. The molecule has 2 amide bonds. The summed E-state index contributed by atoms with van der Waals surface area (Å²) in [7, 11) is 0. The third-order valence-electron chi connectivity index (χ3n) is 3.46. The monoisotopic (exact) mass is 364 g/mol. The van der Waals surface area contributed by atoms with Crippen molar-refractivity contribution in [3.05, 3.63) is 53.4 Å². The Morgan fingerprint density at radius 1 is 1.20 bits per heavy atom. The van der Waals surface area contributed by atoms with E-state index in [0.717, 1.165) is 0 Å². The number of furan rings is 1. The number of halogens is 1. The van der Waals surface area contributed by atoms with Gasteiger partial charge in [0.2, 0.25) is 5.91 Å². The van der Waals surface area contributed by atoms with Gasteiger partial charge in [-0.25, -0.2) is 0 Å². The van der Waals surface area contributed by atoms with Crippen LogP contribution < -0.4 is 15.4 Å². The molecule has 0 bridgehead atoms. The Hall–Kier alpha value is -2.47. The number of hydrogen-bond donors (Lipinski definition) is 2. The second-order valence-corrected chi connectivity index (χ2v) is 6.20. The molecule has 134 valence electrons. The maximum atomic E-state index is 12.3. The fourth-order valence-electron chi connectivity index (χ4n) is 2.14. The van der Waals surface area contributed by atoms with E-state index in [0.29, 0.717) is 23.9 Å². The normalized spacial score (nSPS) is 11.8. The SMILES string of the molecule is CC(C)C(NC(=O)c1ccco1)C(=O)NCCOc1ccc(Cl)cc1. The first-order valence-corrected chi connectivity index (χ1v) is 8.35. The molecule has 1 aromatic carbocycles. The Bertz CT molecular complexity index is 684. The smallest absolute Gasteiger partial charge is 0.287 e. The number of hydrogen-bond acceptors (Lipinski definition) is 4. The van der Waals surface area contributed by atoms with E-state index in [-0.39, 0.29) is 17.6 Å². The fraction of sp³-hybridized carbons (Fsp3) is 0.333. The summed E-state index contributed by atoms with van der Waals surface area (Å²) in [4.78, 5) is 24.4. The van der Waals surface area contributed by atoms with Crippen LogP contribution in [0.4, 0.5) is 0 Å². The highest BCUT2D eigenvalue weighted by Crippen LogP contribution is 2.15. The minimum Gasteiger partial charge on any atom is -0.492 e. The summed E-state index contributed by atoms with van der Waals surface area (Å²) in [5, 5.41) is 6.08. The molecule has 25 heavy (non-hydrogen) atoms. The second kappa shape index (κ2) is 9.13. The Labute approximate surface area is 151 Å². The maximum Gasteiger partial charge on any atom is 0.287 e. The van der Waals surface area contributed by atoms with Crippen LogP contribution in [-0.4, -0.2) is 31.0 Å². The molecule has 7 heteroatoms. The van der Waals surface area contributed by atoms with E-state index < -0.39 is 11.9 Å². The molecule has 0 aliphatic rings. The zero-order valence-electron chi connectivity index (χ0n) is 14.1. The van der Waals surface area contributed by atoms with E-state index >= 15 is 0 Å². The lowest BCUT2D eigenvalue weighted by Crippen LogP contribution is -2.50.